The first-order valence-electron chi connectivity index (χ1n) is 10.4. The Morgan fingerprint density at radius 3 is 2.59 bits per heavy atom. The van der Waals surface area contributed by atoms with E-state index in [4.69, 9.17) is 0 Å². The van der Waals surface area contributed by atoms with Crippen LogP contribution in [0.25, 0.3) is 10.9 Å². The molecule has 2 heterocycles. The Hall–Kier alpha value is -3.36. The summed E-state index contributed by atoms with van der Waals surface area (Å²) in [5.41, 5.74) is 1.68. The van der Waals surface area contributed by atoms with E-state index in [-0.39, 0.29) is 11.5 Å². The Bertz CT molecular complexity index is 1130. The van der Waals surface area contributed by atoms with Gasteiger partial charge in [-0.25, -0.2) is 13.2 Å². The van der Waals surface area contributed by atoms with E-state index in [1.807, 2.05) is 18.2 Å². The predicted molar refractivity (Wildman–Crippen MR) is 116 cm³/mol. The fourth-order valence-corrected chi connectivity index (χ4v) is 4.12. The Labute approximate surface area is 183 Å². The van der Waals surface area contributed by atoms with E-state index in [2.05, 4.69) is 20.4 Å². The molecule has 4 rings (SSSR count). The first-order valence-corrected chi connectivity index (χ1v) is 10.4. The number of hydrogen-bond acceptors (Lipinski definition) is 5. The maximum absolute atomic E-state index is 14.6. The minimum Gasteiger partial charge on any atom is -0.481 e. The van der Waals surface area contributed by atoms with Gasteiger partial charge in [0.25, 0.3) is 6.43 Å². The molecule has 0 spiro atoms. The van der Waals surface area contributed by atoms with Crippen LogP contribution in [0.5, 0.6) is 0 Å². The SMILES string of the molecule is C[C@@H](Nc1cnnc2ccc(N3CCC(C(=O)O)CC3)cc12)c1cccc(C(F)F)c1F. The van der Waals surface area contributed by atoms with Crippen molar-refractivity contribution in [1.82, 2.24) is 10.2 Å². The molecule has 0 bridgehead atoms. The maximum Gasteiger partial charge on any atom is 0.306 e. The highest BCUT2D eigenvalue weighted by molar-refractivity contribution is 5.93. The molecule has 0 unspecified atom stereocenters. The topological polar surface area (TPSA) is 78.4 Å². The van der Waals surface area contributed by atoms with Crippen molar-refractivity contribution in [2.24, 2.45) is 5.92 Å². The van der Waals surface area contributed by atoms with E-state index in [0.717, 1.165) is 17.1 Å². The Morgan fingerprint density at radius 2 is 1.91 bits per heavy atom. The third-order valence-corrected chi connectivity index (χ3v) is 5.96. The van der Waals surface area contributed by atoms with Crippen LogP contribution in [0.4, 0.5) is 24.5 Å². The van der Waals surface area contributed by atoms with Gasteiger partial charge in [0.05, 0.1) is 34.9 Å². The zero-order valence-corrected chi connectivity index (χ0v) is 17.4. The second-order valence-corrected chi connectivity index (χ2v) is 7.98. The average Bonchev–Trinajstić information content (AvgIpc) is 2.79. The van der Waals surface area contributed by atoms with Crippen LogP contribution in [0.2, 0.25) is 0 Å². The number of aromatic nitrogens is 2. The molecule has 9 heteroatoms. The molecule has 168 valence electrons. The van der Waals surface area contributed by atoms with Crippen molar-refractivity contribution in [3.8, 4) is 0 Å². The monoisotopic (exact) mass is 444 g/mol. The van der Waals surface area contributed by atoms with Crippen molar-refractivity contribution in [1.29, 1.82) is 0 Å². The van der Waals surface area contributed by atoms with Gasteiger partial charge in [-0.1, -0.05) is 18.2 Å². The van der Waals surface area contributed by atoms with Gasteiger partial charge in [-0.15, -0.1) is 0 Å². The zero-order valence-electron chi connectivity index (χ0n) is 17.4. The fraction of sp³-hybridized carbons (Fsp3) is 0.348. The first kappa shape index (κ1) is 21.9. The summed E-state index contributed by atoms with van der Waals surface area (Å²) < 4.78 is 40.7. The lowest BCUT2D eigenvalue weighted by molar-refractivity contribution is -0.142. The molecular formula is C23H23F3N4O2. The third-order valence-electron chi connectivity index (χ3n) is 5.96. The summed E-state index contributed by atoms with van der Waals surface area (Å²) in [5.74, 6) is -2.01. The Balaban J connectivity index is 1.60. The lowest BCUT2D eigenvalue weighted by Gasteiger charge is -2.32. The molecule has 6 nitrogen and oxygen atoms in total. The van der Waals surface area contributed by atoms with Crippen LogP contribution in [0.1, 0.15) is 43.4 Å². The number of halogens is 3. The van der Waals surface area contributed by atoms with Gasteiger partial charge < -0.3 is 15.3 Å². The summed E-state index contributed by atoms with van der Waals surface area (Å²) in [4.78, 5) is 13.3. The lowest BCUT2D eigenvalue weighted by atomic mass is 9.96. The first-order chi connectivity index (χ1) is 15.3. The second kappa shape index (κ2) is 9.02. The van der Waals surface area contributed by atoms with Crippen LogP contribution in [-0.2, 0) is 4.79 Å². The molecule has 1 aliphatic heterocycles. The standard InChI is InChI=1S/C23H23F3N4O2/c1-13(16-3-2-4-17(21(16)24)22(25)26)28-20-12-27-29-19-6-5-15(11-18(19)20)30-9-7-14(8-10-30)23(31)32/h2-6,11-14,22H,7-10H2,1H3,(H,28,29)(H,31,32)/t13-/m1/s1. The van der Waals surface area contributed by atoms with E-state index in [1.54, 1.807) is 6.92 Å². The summed E-state index contributed by atoms with van der Waals surface area (Å²) in [6.07, 6.45) is -0.222. The van der Waals surface area contributed by atoms with Gasteiger partial charge in [0, 0.05) is 29.7 Å². The molecule has 3 aromatic rings. The molecule has 0 saturated carbocycles. The van der Waals surface area contributed by atoms with E-state index in [9.17, 15) is 23.1 Å². The van der Waals surface area contributed by atoms with Gasteiger partial charge >= 0.3 is 5.97 Å². The molecule has 1 aromatic heterocycles. The van der Waals surface area contributed by atoms with Crippen LogP contribution in [0, 0.1) is 11.7 Å². The van der Waals surface area contributed by atoms with Crippen molar-refractivity contribution in [2.75, 3.05) is 23.3 Å². The minimum atomic E-state index is -2.89. The highest BCUT2D eigenvalue weighted by atomic mass is 19.3. The number of fused-ring (bicyclic) bond motifs is 1. The molecule has 0 amide bonds. The van der Waals surface area contributed by atoms with E-state index in [0.29, 0.717) is 37.1 Å². The molecule has 2 N–H and O–H groups in total. The number of nitrogens with zero attached hydrogens (tertiary/aromatic N) is 3. The van der Waals surface area contributed by atoms with E-state index >= 15 is 0 Å². The molecule has 0 aliphatic carbocycles. The molecule has 1 aliphatic rings. The lowest BCUT2D eigenvalue weighted by Crippen LogP contribution is -2.36. The predicted octanol–water partition coefficient (Wildman–Crippen LogP) is 5.18. The molecular weight excluding hydrogens is 421 g/mol. The molecule has 1 fully saturated rings. The quantitative estimate of drug-likeness (QED) is 0.546. The van der Waals surface area contributed by atoms with E-state index in [1.165, 1.54) is 18.3 Å². The van der Waals surface area contributed by atoms with Crippen LogP contribution in [0.15, 0.2) is 42.6 Å². The van der Waals surface area contributed by atoms with Crippen LogP contribution >= 0.6 is 0 Å². The van der Waals surface area contributed by atoms with Crippen molar-refractivity contribution < 1.29 is 23.1 Å². The van der Waals surface area contributed by atoms with Gasteiger partial charge in [-0.3, -0.25) is 4.79 Å². The van der Waals surface area contributed by atoms with Crippen molar-refractivity contribution in [3.05, 3.63) is 59.5 Å². The molecule has 1 saturated heterocycles. The van der Waals surface area contributed by atoms with Gasteiger partial charge in [-0.05, 0) is 38.0 Å². The molecule has 0 radical (unpaired) electrons. The van der Waals surface area contributed by atoms with Gasteiger partial charge in [0.1, 0.15) is 5.82 Å². The number of rotatable bonds is 6. The van der Waals surface area contributed by atoms with Crippen LogP contribution in [0.3, 0.4) is 0 Å². The van der Waals surface area contributed by atoms with Gasteiger partial charge in [-0.2, -0.15) is 10.2 Å². The average molecular weight is 444 g/mol. The summed E-state index contributed by atoms with van der Waals surface area (Å²) in [5, 5.41) is 21.3. The third kappa shape index (κ3) is 4.32. The number of nitrogens with one attached hydrogen (secondary N) is 1. The number of alkyl halides is 2. The van der Waals surface area contributed by atoms with Gasteiger partial charge in [0.15, 0.2) is 0 Å². The summed E-state index contributed by atoms with van der Waals surface area (Å²) in [6.45, 7) is 2.96. The number of piperidine rings is 1. The van der Waals surface area contributed by atoms with Crippen molar-refractivity contribution in [2.45, 2.75) is 32.2 Å². The summed E-state index contributed by atoms with van der Waals surface area (Å²) in [7, 11) is 0. The Morgan fingerprint density at radius 1 is 1.19 bits per heavy atom. The van der Waals surface area contributed by atoms with E-state index < -0.39 is 29.8 Å². The Kier molecular flexibility index (Phi) is 6.16. The number of aliphatic carboxylic acids is 1. The zero-order chi connectivity index (χ0) is 22.8. The largest absolute Gasteiger partial charge is 0.481 e. The number of hydrogen-bond donors (Lipinski definition) is 2. The fourth-order valence-electron chi connectivity index (χ4n) is 4.12. The highest BCUT2D eigenvalue weighted by Crippen LogP contribution is 2.32. The number of carbonyl (C=O) groups is 1. The number of carboxylic acids is 1. The van der Waals surface area contributed by atoms with Crippen molar-refractivity contribution in [3.63, 3.8) is 0 Å². The number of anilines is 2. The normalized spacial score (nSPS) is 15.8. The summed E-state index contributed by atoms with van der Waals surface area (Å²) in [6, 6.07) is 9.07. The van der Waals surface area contributed by atoms with Crippen LogP contribution in [-0.4, -0.2) is 34.4 Å². The number of carboxylic acid groups (broad SMARTS) is 1. The number of benzene rings is 2. The molecule has 32 heavy (non-hydrogen) atoms. The minimum absolute atomic E-state index is 0.139. The van der Waals surface area contributed by atoms with Crippen molar-refractivity contribution >= 4 is 28.2 Å². The highest BCUT2D eigenvalue weighted by Gasteiger charge is 2.25. The van der Waals surface area contributed by atoms with Crippen LogP contribution < -0.4 is 10.2 Å². The second-order valence-electron chi connectivity index (χ2n) is 7.98. The molecule has 1 atom stereocenters. The smallest absolute Gasteiger partial charge is 0.306 e. The van der Waals surface area contributed by atoms with Gasteiger partial charge in [0.2, 0.25) is 0 Å². The maximum atomic E-state index is 14.6. The molecule has 2 aromatic carbocycles. The summed E-state index contributed by atoms with van der Waals surface area (Å²) >= 11 is 0.